The Kier molecular flexibility index (Phi) is 8.54. The smallest absolute Gasteiger partial charge is 0.411 e. The topological polar surface area (TPSA) is 116 Å². The fraction of sp³-hybridized carbons (Fsp3) is 0.412. The van der Waals surface area contributed by atoms with Crippen LogP contribution in [0.4, 0.5) is 4.79 Å². The van der Waals surface area contributed by atoms with E-state index in [4.69, 9.17) is 23.9 Å². The first-order valence-corrected chi connectivity index (χ1v) is 14.8. The number of hydrogen-bond donors (Lipinski definition) is 1. The first-order valence-electron chi connectivity index (χ1n) is 14.8. The normalized spacial score (nSPS) is 22.7. The molecule has 2 fully saturated rings. The van der Waals surface area contributed by atoms with Crippen LogP contribution in [-0.2, 0) is 19.1 Å². The van der Waals surface area contributed by atoms with E-state index in [9.17, 15) is 14.4 Å². The van der Waals surface area contributed by atoms with Gasteiger partial charge in [0.2, 0.25) is 5.91 Å². The van der Waals surface area contributed by atoms with E-state index in [2.05, 4.69) is 11.9 Å². The number of hydrogen-bond acceptors (Lipinski definition) is 8. The maximum absolute atomic E-state index is 13.8. The molecule has 10 heteroatoms. The van der Waals surface area contributed by atoms with Gasteiger partial charge in [-0.2, -0.15) is 0 Å². The minimum Gasteiger partial charge on any atom is -0.497 e. The fourth-order valence-electron chi connectivity index (χ4n) is 5.56. The van der Waals surface area contributed by atoms with Gasteiger partial charge < -0.3 is 24.3 Å². The number of rotatable bonds is 9. The van der Waals surface area contributed by atoms with Gasteiger partial charge >= 0.3 is 12.1 Å². The van der Waals surface area contributed by atoms with Crippen LogP contribution in [0.5, 0.6) is 11.5 Å². The van der Waals surface area contributed by atoms with E-state index in [1.54, 1.807) is 40.9 Å². The lowest BCUT2D eigenvalue weighted by Crippen LogP contribution is -2.53. The number of ether oxygens (including phenoxy) is 4. The number of aromatic nitrogens is 1. The summed E-state index contributed by atoms with van der Waals surface area (Å²) in [6.07, 6.45) is 1.01. The molecule has 1 N–H and O–H groups in total. The summed E-state index contributed by atoms with van der Waals surface area (Å²) >= 11 is 0. The van der Waals surface area contributed by atoms with Crippen molar-refractivity contribution in [2.75, 3.05) is 20.3 Å². The molecule has 1 aromatic heterocycles. The average molecular weight is 602 g/mol. The number of benzene rings is 2. The molecule has 232 valence electrons. The monoisotopic (exact) mass is 601 g/mol. The zero-order valence-corrected chi connectivity index (χ0v) is 25.8. The zero-order chi connectivity index (χ0) is 31.6. The van der Waals surface area contributed by atoms with Crippen molar-refractivity contribution >= 4 is 28.9 Å². The molecule has 44 heavy (non-hydrogen) atoms. The molecule has 0 spiro atoms. The van der Waals surface area contributed by atoms with Crippen molar-refractivity contribution in [3.05, 3.63) is 67.3 Å². The van der Waals surface area contributed by atoms with E-state index in [0.717, 1.165) is 10.9 Å². The van der Waals surface area contributed by atoms with Crippen LogP contribution in [0.1, 0.15) is 40.5 Å². The van der Waals surface area contributed by atoms with Gasteiger partial charge in [-0.25, -0.2) is 14.6 Å². The molecule has 2 heterocycles. The van der Waals surface area contributed by atoms with Crippen molar-refractivity contribution in [1.82, 2.24) is 15.2 Å². The maximum Gasteiger partial charge on any atom is 0.411 e. The summed E-state index contributed by atoms with van der Waals surface area (Å²) in [6, 6.07) is 16.2. The number of methoxy groups -OCH3 is 1. The number of fused-ring (bicyclic) bond motifs is 1. The summed E-state index contributed by atoms with van der Waals surface area (Å²) in [5, 5.41) is 3.65. The summed E-state index contributed by atoms with van der Waals surface area (Å²) in [6.45, 7) is 11.1. The standard InChI is InChI=1S/C34H39N3O7/c1-7-22-19-34(22,31(39)42-8-2)36-30(38)28-17-24(20-37(28)32(40)44-33(3,4)5)43-29-18-26(21-12-10-9-11-13-21)35-27-16-23(41-6)14-15-25(27)29/h7,9-16,18,22,24,28H,1,8,17,19-20H2,2-6H3,(H,36,38)/t22-,24-,28+,34-/m1/s1. The van der Waals surface area contributed by atoms with Crippen LogP contribution in [-0.4, -0.2) is 71.4 Å². The van der Waals surface area contributed by atoms with Crippen LogP contribution in [0.2, 0.25) is 0 Å². The molecule has 0 bridgehead atoms. The SMILES string of the molecule is C=C[C@@H]1C[C@]1(NC(=O)[C@@H]1C[C@@H](Oc2cc(-c3ccccc3)nc3cc(OC)ccc23)CN1C(=O)OC(C)(C)C)C(=O)OCC. The second-order valence-electron chi connectivity index (χ2n) is 12.1. The Balaban J connectivity index is 1.46. The lowest BCUT2D eigenvalue weighted by Gasteiger charge is -2.28. The number of carbonyl (C=O) groups is 3. The van der Waals surface area contributed by atoms with E-state index in [1.807, 2.05) is 54.6 Å². The third kappa shape index (κ3) is 6.34. The zero-order valence-electron chi connectivity index (χ0n) is 25.8. The number of likely N-dealkylation sites (tertiary alicyclic amines) is 1. The van der Waals surface area contributed by atoms with Crippen molar-refractivity contribution in [3.63, 3.8) is 0 Å². The van der Waals surface area contributed by atoms with E-state index >= 15 is 0 Å². The second kappa shape index (κ2) is 12.2. The molecule has 0 radical (unpaired) electrons. The highest BCUT2D eigenvalue weighted by molar-refractivity contribution is 5.95. The van der Waals surface area contributed by atoms with Crippen molar-refractivity contribution < 1.29 is 33.3 Å². The lowest BCUT2D eigenvalue weighted by molar-refractivity contribution is -0.149. The summed E-state index contributed by atoms with van der Waals surface area (Å²) < 4.78 is 22.9. The molecule has 1 saturated heterocycles. The maximum atomic E-state index is 13.8. The van der Waals surface area contributed by atoms with E-state index in [0.29, 0.717) is 29.1 Å². The van der Waals surface area contributed by atoms with Crippen molar-refractivity contribution in [2.45, 2.75) is 63.8 Å². The van der Waals surface area contributed by atoms with E-state index in [-0.39, 0.29) is 25.5 Å². The van der Waals surface area contributed by atoms with Crippen molar-refractivity contribution in [1.29, 1.82) is 0 Å². The number of nitrogens with one attached hydrogen (secondary N) is 1. The molecule has 0 unspecified atom stereocenters. The number of amides is 2. The van der Waals surface area contributed by atoms with Crippen LogP contribution >= 0.6 is 0 Å². The largest absolute Gasteiger partial charge is 0.497 e. The van der Waals surface area contributed by atoms with Crippen LogP contribution in [0.3, 0.4) is 0 Å². The third-order valence-corrected chi connectivity index (χ3v) is 7.82. The van der Waals surface area contributed by atoms with E-state index < -0.39 is 41.3 Å². The van der Waals surface area contributed by atoms with Gasteiger partial charge in [0.15, 0.2) is 0 Å². The molecule has 1 aliphatic carbocycles. The Bertz CT molecular complexity index is 1570. The highest BCUT2D eigenvalue weighted by atomic mass is 16.6. The van der Waals surface area contributed by atoms with Gasteiger partial charge in [0.05, 0.1) is 31.5 Å². The molecular formula is C34H39N3O7. The Morgan fingerprint density at radius 3 is 2.52 bits per heavy atom. The highest BCUT2D eigenvalue weighted by Crippen LogP contribution is 2.46. The molecule has 5 rings (SSSR count). The van der Waals surface area contributed by atoms with Gasteiger partial charge in [-0.05, 0) is 46.2 Å². The Morgan fingerprint density at radius 2 is 1.89 bits per heavy atom. The minimum absolute atomic E-state index is 0.102. The molecule has 1 aliphatic heterocycles. The predicted octanol–water partition coefficient (Wildman–Crippen LogP) is 5.29. The molecule has 2 aliphatic rings. The van der Waals surface area contributed by atoms with Gasteiger partial charge in [0.1, 0.15) is 34.8 Å². The summed E-state index contributed by atoms with van der Waals surface area (Å²) in [5.74, 6) is -0.0360. The minimum atomic E-state index is -1.20. The highest BCUT2D eigenvalue weighted by Gasteiger charge is 2.62. The average Bonchev–Trinajstić information content (AvgIpc) is 3.55. The third-order valence-electron chi connectivity index (χ3n) is 7.82. The Morgan fingerprint density at radius 1 is 1.14 bits per heavy atom. The molecule has 2 aromatic carbocycles. The molecule has 1 saturated carbocycles. The predicted molar refractivity (Wildman–Crippen MR) is 165 cm³/mol. The molecular weight excluding hydrogens is 562 g/mol. The Labute approximate surface area is 257 Å². The van der Waals surface area contributed by atoms with Crippen molar-refractivity contribution in [2.24, 2.45) is 5.92 Å². The van der Waals surface area contributed by atoms with Gasteiger partial charge in [-0.3, -0.25) is 9.69 Å². The number of pyridine rings is 1. The van der Waals surface area contributed by atoms with E-state index in [1.165, 1.54) is 4.90 Å². The first-order chi connectivity index (χ1) is 21.0. The van der Waals surface area contributed by atoms with Gasteiger partial charge in [-0.1, -0.05) is 36.4 Å². The summed E-state index contributed by atoms with van der Waals surface area (Å²) in [4.78, 5) is 46.2. The lowest BCUT2D eigenvalue weighted by atomic mass is 10.1. The Hall–Kier alpha value is -4.60. The van der Waals surface area contributed by atoms with Gasteiger partial charge in [0.25, 0.3) is 0 Å². The molecule has 2 amide bonds. The first kappa shape index (κ1) is 30.8. The molecule has 10 nitrogen and oxygen atoms in total. The van der Waals surface area contributed by atoms with Crippen LogP contribution in [0.15, 0.2) is 67.3 Å². The number of nitrogens with zero attached hydrogens (tertiary/aromatic N) is 2. The van der Waals surface area contributed by atoms with Crippen LogP contribution in [0, 0.1) is 5.92 Å². The number of carbonyl (C=O) groups excluding carboxylic acids is 3. The van der Waals surface area contributed by atoms with Crippen LogP contribution in [0.25, 0.3) is 22.2 Å². The quantitative estimate of drug-likeness (QED) is 0.260. The number of esters is 1. The van der Waals surface area contributed by atoms with Gasteiger partial charge in [-0.15, -0.1) is 6.58 Å². The van der Waals surface area contributed by atoms with Crippen molar-refractivity contribution in [3.8, 4) is 22.8 Å². The second-order valence-corrected chi connectivity index (χ2v) is 12.1. The van der Waals surface area contributed by atoms with Gasteiger partial charge in [0, 0.05) is 35.4 Å². The summed E-state index contributed by atoms with van der Waals surface area (Å²) in [7, 11) is 1.60. The fourth-order valence-corrected chi connectivity index (χ4v) is 5.56. The molecule has 4 atom stereocenters. The van der Waals surface area contributed by atoms with Crippen LogP contribution < -0.4 is 14.8 Å². The summed E-state index contributed by atoms with van der Waals surface area (Å²) in [5.41, 5.74) is 0.319. The molecule has 3 aromatic rings.